The molecular weight excluding hydrogens is 304 g/mol. The Kier molecular flexibility index (Phi) is 5.85. The number of aromatic amines is 1. The summed E-state index contributed by atoms with van der Waals surface area (Å²) in [6.07, 6.45) is 7.23. The fourth-order valence-electron chi connectivity index (χ4n) is 2.83. The molecule has 3 rings (SSSR count). The van der Waals surface area contributed by atoms with Gasteiger partial charge >= 0.3 is 6.09 Å². The molecule has 0 saturated heterocycles. The number of carbonyl (C=O) groups excluding carboxylic acids is 1. The first-order valence-electron chi connectivity index (χ1n) is 8.48. The third-order valence-corrected chi connectivity index (χ3v) is 4.25. The molecule has 1 fully saturated rings. The Morgan fingerprint density at radius 2 is 2.08 bits per heavy atom. The van der Waals surface area contributed by atoms with Crippen molar-refractivity contribution in [1.82, 2.24) is 20.6 Å². The Hall–Kier alpha value is -2.34. The molecule has 2 aromatic rings. The molecule has 0 radical (unpaired) electrons. The van der Waals surface area contributed by atoms with Gasteiger partial charge < -0.3 is 20.4 Å². The molecule has 0 bridgehead atoms. The number of imidazole rings is 1. The maximum absolute atomic E-state index is 11.8. The number of benzene rings is 1. The maximum Gasteiger partial charge on any atom is 0.407 e. The number of hydrogen-bond acceptors (Lipinski definition) is 4. The van der Waals surface area contributed by atoms with Crippen molar-refractivity contribution >= 4 is 6.09 Å². The van der Waals surface area contributed by atoms with E-state index >= 15 is 0 Å². The number of nitrogens with one attached hydrogen (secondary N) is 3. The van der Waals surface area contributed by atoms with Crippen LogP contribution in [0, 0.1) is 0 Å². The number of aryl methyl sites for hydroxylation is 1. The summed E-state index contributed by atoms with van der Waals surface area (Å²) < 4.78 is 5.23. The van der Waals surface area contributed by atoms with Gasteiger partial charge in [0.05, 0.1) is 0 Å². The summed E-state index contributed by atoms with van der Waals surface area (Å²) in [4.78, 5) is 19.1. The molecule has 0 atom stereocenters. The van der Waals surface area contributed by atoms with Gasteiger partial charge in [-0.1, -0.05) is 30.3 Å². The van der Waals surface area contributed by atoms with Crippen LogP contribution in [0.15, 0.2) is 42.7 Å². The average molecular weight is 328 g/mol. The first-order valence-corrected chi connectivity index (χ1v) is 8.48. The zero-order valence-electron chi connectivity index (χ0n) is 13.7. The van der Waals surface area contributed by atoms with Crippen molar-refractivity contribution in [2.75, 3.05) is 6.54 Å². The smallest absolute Gasteiger partial charge is 0.407 e. The molecule has 3 N–H and O–H groups in total. The molecule has 0 spiro atoms. The molecule has 6 nitrogen and oxygen atoms in total. The first kappa shape index (κ1) is 16.5. The molecule has 6 heteroatoms. The molecular formula is C18H24N4O2. The lowest BCUT2D eigenvalue weighted by Gasteiger charge is -2.36. The van der Waals surface area contributed by atoms with Gasteiger partial charge in [-0.2, -0.15) is 0 Å². The Morgan fingerprint density at radius 3 is 2.83 bits per heavy atom. The second-order valence-electron chi connectivity index (χ2n) is 6.16. The monoisotopic (exact) mass is 328 g/mol. The highest BCUT2D eigenvalue weighted by atomic mass is 16.5. The van der Waals surface area contributed by atoms with Crippen LogP contribution in [0.1, 0.15) is 30.7 Å². The van der Waals surface area contributed by atoms with E-state index in [4.69, 9.17) is 4.74 Å². The molecule has 128 valence electrons. The van der Waals surface area contributed by atoms with E-state index in [0.717, 1.165) is 43.6 Å². The lowest BCUT2D eigenvalue weighted by atomic mass is 9.87. The fraction of sp³-hybridized carbons (Fsp3) is 0.444. The van der Waals surface area contributed by atoms with E-state index in [1.54, 1.807) is 6.20 Å². The minimum atomic E-state index is -0.333. The molecule has 1 saturated carbocycles. The van der Waals surface area contributed by atoms with E-state index < -0.39 is 0 Å². The topological polar surface area (TPSA) is 79.0 Å². The van der Waals surface area contributed by atoms with E-state index in [9.17, 15) is 4.79 Å². The summed E-state index contributed by atoms with van der Waals surface area (Å²) in [7, 11) is 0. The molecule has 0 aliphatic heterocycles. The molecule has 1 heterocycles. The van der Waals surface area contributed by atoms with Gasteiger partial charge in [-0.3, -0.25) is 0 Å². The quantitative estimate of drug-likeness (QED) is 0.650. The van der Waals surface area contributed by atoms with Crippen molar-refractivity contribution in [3.05, 3.63) is 54.1 Å². The fourth-order valence-corrected chi connectivity index (χ4v) is 2.83. The van der Waals surface area contributed by atoms with Gasteiger partial charge in [0.15, 0.2) is 0 Å². The number of alkyl carbamates (subject to hydrolysis) is 1. The van der Waals surface area contributed by atoms with Gasteiger partial charge in [-0.25, -0.2) is 9.78 Å². The second-order valence-corrected chi connectivity index (χ2v) is 6.16. The Labute approximate surface area is 142 Å². The molecule has 1 amide bonds. The van der Waals surface area contributed by atoms with E-state index in [0.29, 0.717) is 12.6 Å². The standard InChI is InChI=1S/C18H24N4O2/c23-18(24-13-14-5-2-1-3-6-14)22-16-11-15(12-16)19-8-4-7-17-20-9-10-21-17/h1-3,5-6,9-10,15-16,19H,4,7-8,11-13H2,(H,20,21)(H,22,23). The van der Waals surface area contributed by atoms with Crippen LogP contribution in [-0.2, 0) is 17.8 Å². The predicted molar refractivity (Wildman–Crippen MR) is 91.5 cm³/mol. The lowest BCUT2D eigenvalue weighted by Crippen LogP contribution is -2.52. The van der Waals surface area contributed by atoms with E-state index in [2.05, 4.69) is 20.6 Å². The van der Waals surface area contributed by atoms with Crippen molar-refractivity contribution in [3.63, 3.8) is 0 Å². The predicted octanol–water partition coefficient (Wildman–Crippen LogP) is 2.39. The Morgan fingerprint density at radius 1 is 1.25 bits per heavy atom. The zero-order chi connectivity index (χ0) is 16.6. The van der Waals surface area contributed by atoms with Crippen molar-refractivity contribution in [2.24, 2.45) is 0 Å². The van der Waals surface area contributed by atoms with Crippen LogP contribution in [0.3, 0.4) is 0 Å². The summed E-state index contributed by atoms with van der Waals surface area (Å²) in [5.41, 5.74) is 0.998. The van der Waals surface area contributed by atoms with Crippen LogP contribution in [-0.4, -0.2) is 34.7 Å². The number of amides is 1. The van der Waals surface area contributed by atoms with Crippen LogP contribution in [0.4, 0.5) is 4.79 Å². The summed E-state index contributed by atoms with van der Waals surface area (Å²) in [5, 5.41) is 6.42. The summed E-state index contributed by atoms with van der Waals surface area (Å²) in [5.74, 6) is 1.03. The highest BCUT2D eigenvalue weighted by Crippen LogP contribution is 2.20. The Balaban J connectivity index is 1.22. The first-order chi connectivity index (χ1) is 11.8. The van der Waals surface area contributed by atoms with Gasteiger partial charge in [0, 0.05) is 30.9 Å². The van der Waals surface area contributed by atoms with E-state index in [1.165, 1.54) is 0 Å². The zero-order valence-corrected chi connectivity index (χ0v) is 13.7. The summed E-state index contributed by atoms with van der Waals surface area (Å²) in [6, 6.07) is 10.4. The second kappa shape index (κ2) is 8.49. The van der Waals surface area contributed by atoms with Crippen LogP contribution >= 0.6 is 0 Å². The van der Waals surface area contributed by atoms with Gasteiger partial charge in [-0.05, 0) is 31.4 Å². The number of carbonyl (C=O) groups is 1. The highest BCUT2D eigenvalue weighted by Gasteiger charge is 2.30. The van der Waals surface area contributed by atoms with Crippen molar-refractivity contribution in [3.8, 4) is 0 Å². The van der Waals surface area contributed by atoms with Crippen molar-refractivity contribution < 1.29 is 9.53 Å². The molecule has 1 aromatic heterocycles. The van der Waals surface area contributed by atoms with E-state index in [1.807, 2.05) is 36.5 Å². The number of nitrogens with zero attached hydrogens (tertiary/aromatic N) is 1. The van der Waals surface area contributed by atoms with Crippen molar-refractivity contribution in [2.45, 2.75) is 44.4 Å². The average Bonchev–Trinajstić information content (AvgIpc) is 3.08. The Bertz CT molecular complexity index is 609. The van der Waals surface area contributed by atoms with Gasteiger partial charge in [0.25, 0.3) is 0 Å². The number of hydrogen-bond donors (Lipinski definition) is 3. The molecule has 1 aromatic carbocycles. The summed E-state index contributed by atoms with van der Waals surface area (Å²) >= 11 is 0. The molecule has 1 aliphatic rings. The maximum atomic E-state index is 11.8. The van der Waals surface area contributed by atoms with Gasteiger partial charge in [0.2, 0.25) is 0 Å². The minimum Gasteiger partial charge on any atom is -0.445 e. The number of rotatable bonds is 8. The van der Waals surface area contributed by atoms with Crippen molar-refractivity contribution in [1.29, 1.82) is 0 Å². The van der Waals surface area contributed by atoms with E-state index in [-0.39, 0.29) is 12.1 Å². The highest BCUT2D eigenvalue weighted by molar-refractivity contribution is 5.67. The number of H-pyrrole nitrogens is 1. The van der Waals surface area contributed by atoms with Crippen LogP contribution in [0.5, 0.6) is 0 Å². The van der Waals surface area contributed by atoms with Crippen LogP contribution in [0.25, 0.3) is 0 Å². The van der Waals surface area contributed by atoms with Crippen LogP contribution in [0.2, 0.25) is 0 Å². The largest absolute Gasteiger partial charge is 0.445 e. The summed E-state index contributed by atoms with van der Waals surface area (Å²) in [6.45, 7) is 1.28. The van der Waals surface area contributed by atoms with Crippen LogP contribution < -0.4 is 10.6 Å². The molecule has 24 heavy (non-hydrogen) atoms. The molecule has 0 unspecified atom stereocenters. The third kappa shape index (κ3) is 5.09. The number of ether oxygens (including phenoxy) is 1. The van der Waals surface area contributed by atoms with Gasteiger partial charge in [-0.15, -0.1) is 0 Å². The molecule has 1 aliphatic carbocycles. The lowest BCUT2D eigenvalue weighted by molar-refractivity contribution is 0.125. The van der Waals surface area contributed by atoms with Gasteiger partial charge in [0.1, 0.15) is 12.4 Å². The minimum absolute atomic E-state index is 0.218. The third-order valence-electron chi connectivity index (χ3n) is 4.25. The number of aromatic nitrogens is 2. The SMILES string of the molecule is O=C(NC1CC(NCCCc2ncc[nH]2)C1)OCc1ccccc1. The normalized spacial score (nSPS) is 19.5.